The molecule has 2 heterocycles. The number of likely N-dealkylation sites (tertiary alicyclic amines) is 1. The minimum Gasteiger partial charge on any atom is -0.481 e. The SMILES string of the molecule is CCC(CC)C(=O)N1CC[C@@H](CC(=O)O)[C@@H](Cc2nc3ccc(C)cc3[nH]2)C1. The number of H-pyrrole nitrogens is 1. The van der Waals surface area contributed by atoms with Gasteiger partial charge in [0.15, 0.2) is 0 Å². The average molecular weight is 386 g/mol. The third-order valence-corrected chi connectivity index (χ3v) is 6.12. The molecule has 0 unspecified atom stereocenters. The van der Waals surface area contributed by atoms with Crippen molar-refractivity contribution in [2.45, 2.75) is 52.9 Å². The second-order valence-corrected chi connectivity index (χ2v) is 8.11. The van der Waals surface area contributed by atoms with Crippen LogP contribution in [0.4, 0.5) is 0 Å². The van der Waals surface area contributed by atoms with E-state index in [1.807, 2.05) is 24.0 Å². The molecule has 3 rings (SSSR count). The molecule has 0 saturated carbocycles. The van der Waals surface area contributed by atoms with E-state index in [9.17, 15) is 14.7 Å². The van der Waals surface area contributed by atoms with E-state index in [4.69, 9.17) is 4.98 Å². The van der Waals surface area contributed by atoms with Crippen LogP contribution in [0, 0.1) is 24.7 Å². The molecule has 2 aromatic rings. The quantitative estimate of drug-likeness (QED) is 0.759. The van der Waals surface area contributed by atoms with Gasteiger partial charge in [0.25, 0.3) is 0 Å². The number of benzene rings is 1. The summed E-state index contributed by atoms with van der Waals surface area (Å²) in [5.74, 6) is 0.547. The van der Waals surface area contributed by atoms with Gasteiger partial charge < -0.3 is 15.0 Å². The van der Waals surface area contributed by atoms with Gasteiger partial charge in [-0.05, 0) is 55.7 Å². The van der Waals surface area contributed by atoms with Crippen molar-refractivity contribution in [1.82, 2.24) is 14.9 Å². The first kappa shape index (κ1) is 20.4. The zero-order valence-electron chi connectivity index (χ0n) is 17.1. The first-order valence-corrected chi connectivity index (χ1v) is 10.4. The molecule has 1 fully saturated rings. The van der Waals surface area contributed by atoms with Crippen LogP contribution in [0.15, 0.2) is 18.2 Å². The Labute approximate surface area is 166 Å². The van der Waals surface area contributed by atoms with Gasteiger partial charge in [0.05, 0.1) is 11.0 Å². The van der Waals surface area contributed by atoms with Crippen LogP contribution in [0.1, 0.15) is 50.9 Å². The highest BCUT2D eigenvalue weighted by Gasteiger charge is 2.34. The first-order valence-electron chi connectivity index (χ1n) is 10.4. The number of nitrogens with zero attached hydrogens (tertiary/aromatic N) is 2. The molecule has 2 atom stereocenters. The van der Waals surface area contributed by atoms with E-state index in [2.05, 4.69) is 24.9 Å². The Balaban J connectivity index is 1.79. The number of aliphatic carboxylic acids is 1. The van der Waals surface area contributed by atoms with Gasteiger partial charge in [0, 0.05) is 31.8 Å². The number of fused-ring (bicyclic) bond motifs is 1. The highest BCUT2D eigenvalue weighted by molar-refractivity contribution is 5.79. The lowest BCUT2D eigenvalue weighted by Crippen LogP contribution is -2.47. The monoisotopic (exact) mass is 385 g/mol. The molecule has 1 saturated heterocycles. The fraction of sp³-hybridized carbons (Fsp3) is 0.591. The maximum Gasteiger partial charge on any atom is 0.303 e. The molecule has 28 heavy (non-hydrogen) atoms. The molecule has 6 nitrogen and oxygen atoms in total. The third kappa shape index (κ3) is 4.54. The number of carboxylic acid groups (broad SMARTS) is 1. The van der Waals surface area contributed by atoms with Crippen LogP contribution >= 0.6 is 0 Å². The number of aromatic nitrogens is 2. The van der Waals surface area contributed by atoms with Gasteiger partial charge in [-0.25, -0.2) is 4.98 Å². The number of rotatable bonds is 7. The highest BCUT2D eigenvalue weighted by atomic mass is 16.4. The Bertz CT molecular complexity index is 841. The summed E-state index contributed by atoms with van der Waals surface area (Å²) < 4.78 is 0. The van der Waals surface area contributed by atoms with Gasteiger partial charge in [-0.2, -0.15) is 0 Å². The summed E-state index contributed by atoms with van der Waals surface area (Å²) in [5.41, 5.74) is 3.10. The summed E-state index contributed by atoms with van der Waals surface area (Å²) in [6.07, 6.45) is 3.24. The molecule has 6 heteroatoms. The Hall–Kier alpha value is -2.37. The standard InChI is InChI=1S/C22H31N3O3/c1-4-15(5-2)22(28)25-9-8-16(12-21(26)27)17(13-25)11-20-23-18-7-6-14(3)10-19(18)24-20/h6-7,10,15-17H,4-5,8-9,11-13H2,1-3H3,(H,23,24)(H,26,27)/t16-,17-/m0/s1. The molecule has 0 spiro atoms. The fourth-order valence-electron chi connectivity index (χ4n) is 4.42. The second-order valence-electron chi connectivity index (χ2n) is 8.11. The molecule has 152 valence electrons. The summed E-state index contributed by atoms with van der Waals surface area (Å²) in [6, 6.07) is 6.12. The largest absolute Gasteiger partial charge is 0.481 e. The lowest BCUT2D eigenvalue weighted by molar-refractivity contribution is -0.141. The molecule has 1 amide bonds. The number of hydrogen-bond acceptors (Lipinski definition) is 3. The Kier molecular flexibility index (Phi) is 6.37. The van der Waals surface area contributed by atoms with Crippen molar-refractivity contribution in [3.63, 3.8) is 0 Å². The van der Waals surface area contributed by atoms with Crippen LogP contribution in [0.2, 0.25) is 0 Å². The van der Waals surface area contributed by atoms with Crippen LogP contribution in [0.5, 0.6) is 0 Å². The molecule has 0 radical (unpaired) electrons. The number of aryl methyl sites for hydroxylation is 1. The zero-order valence-corrected chi connectivity index (χ0v) is 17.1. The predicted octanol–water partition coefficient (Wildman–Crippen LogP) is 3.79. The van der Waals surface area contributed by atoms with Crippen LogP contribution in [-0.4, -0.2) is 44.9 Å². The predicted molar refractivity (Wildman–Crippen MR) is 109 cm³/mol. The molecular formula is C22H31N3O3. The van der Waals surface area contributed by atoms with E-state index in [1.165, 1.54) is 5.56 Å². The fourth-order valence-corrected chi connectivity index (χ4v) is 4.42. The summed E-state index contributed by atoms with van der Waals surface area (Å²) in [5, 5.41) is 9.33. The number of carbonyl (C=O) groups is 2. The minimum absolute atomic E-state index is 0.0610. The highest BCUT2D eigenvalue weighted by Crippen LogP contribution is 2.31. The zero-order chi connectivity index (χ0) is 20.3. The lowest BCUT2D eigenvalue weighted by atomic mass is 9.80. The van der Waals surface area contributed by atoms with Gasteiger partial charge in [-0.15, -0.1) is 0 Å². The van der Waals surface area contributed by atoms with E-state index in [0.29, 0.717) is 19.5 Å². The number of hydrogen-bond donors (Lipinski definition) is 2. The third-order valence-electron chi connectivity index (χ3n) is 6.12. The summed E-state index contributed by atoms with van der Waals surface area (Å²) >= 11 is 0. The molecule has 1 aliphatic rings. The van der Waals surface area contributed by atoms with E-state index < -0.39 is 5.97 Å². The smallest absolute Gasteiger partial charge is 0.303 e. The minimum atomic E-state index is -0.769. The van der Waals surface area contributed by atoms with Crippen molar-refractivity contribution in [2.75, 3.05) is 13.1 Å². The summed E-state index contributed by atoms with van der Waals surface area (Å²) in [7, 11) is 0. The number of carbonyl (C=O) groups excluding carboxylic acids is 1. The van der Waals surface area contributed by atoms with Crippen molar-refractivity contribution < 1.29 is 14.7 Å². The first-order chi connectivity index (χ1) is 13.4. The number of nitrogens with one attached hydrogen (secondary N) is 1. The Morgan fingerprint density at radius 2 is 2.04 bits per heavy atom. The normalized spacial score (nSPS) is 20.1. The maximum absolute atomic E-state index is 12.9. The number of amides is 1. The van der Waals surface area contributed by atoms with Crippen molar-refractivity contribution in [3.05, 3.63) is 29.6 Å². The van der Waals surface area contributed by atoms with Crippen LogP contribution in [0.3, 0.4) is 0 Å². The molecule has 1 aromatic carbocycles. The summed E-state index contributed by atoms with van der Waals surface area (Å²) in [4.78, 5) is 34.2. The Morgan fingerprint density at radius 3 is 2.71 bits per heavy atom. The molecule has 1 aliphatic heterocycles. The van der Waals surface area contributed by atoms with E-state index in [1.54, 1.807) is 0 Å². The van der Waals surface area contributed by atoms with Crippen LogP contribution in [-0.2, 0) is 16.0 Å². The second kappa shape index (κ2) is 8.76. The van der Waals surface area contributed by atoms with E-state index in [-0.39, 0.29) is 30.1 Å². The number of imidazole rings is 1. The van der Waals surface area contributed by atoms with Crippen molar-refractivity contribution in [1.29, 1.82) is 0 Å². The summed E-state index contributed by atoms with van der Waals surface area (Å²) in [6.45, 7) is 7.42. The van der Waals surface area contributed by atoms with Crippen molar-refractivity contribution in [2.24, 2.45) is 17.8 Å². The van der Waals surface area contributed by atoms with Gasteiger partial charge in [0.1, 0.15) is 5.82 Å². The van der Waals surface area contributed by atoms with E-state index >= 15 is 0 Å². The van der Waals surface area contributed by atoms with Gasteiger partial charge >= 0.3 is 5.97 Å². The van der Waals surface area contributed by atoms with E-state index in [0.717, 1.165) is 36.1 Å². The van der Waals surface area contributed by atoms with Gasteiger partial charge in [0.2, 0.25) is 5.91 Å². The number of aromatic amines is 1. The average Bonchev–Trinajstić information content (AvgIpc) is 3.05. The molecule has 2 N–H and O–H groups in total. The topological polar surface area (TPSA) is 86.3 Å². The maximum atomic E-state index is 12.9. The van der Waals surface area contributed by atoms with Crippen LogP contribution < -0.4 is 0 Å². The number of piperidine rings is 1. The van der Waals surface area contributed by atoms with Crippen molar-refractivity contribution >= 4 is 22.9 Å². The van der Waals surface area contributed by atoms with Gasteiger partial charge in [-0.3, -0.25) is 9.59 Å². The number of carboxylic acids is 1. The van der Waals surface area contributed by atoms with Crippen LogP contribution in [0.25, 0.3) is 11.0 Å². The lowest BCUT2D eigenvalue weighted by Gasteiger charge is -2.39. The molecular weight excluding hydrogens is 354 g/mol. The van der Waals surface area contributed by atoms with Gasteiger partial charge in [-0.1, -0.05) is 19.9 Å². The van der Waals surface area contributed by atoms with Crippen molar-refractivity contribution in [3.8, 4) is 0 Å². The molecule has 0 bridgehead atoms. The molecule has 1 aromatic heterocycles. The Morgan fingerprint density at radius 1 is 1.29 bits per heavy atom. The molecule has 0 aliphatic carbocycles.